The smallest absolute Gasteiger partial charge is 0.107 e. The molecule has 3 atom stereocenters. The summed E-state index contributed by atoms with van der Waals surface area (Å²) in [7, 11) is -0.114. The van der Waals surface area contributed by atoms with Gasteiger partial charge in [0.25, 0.3) is 0 Å². The first-order chi connectivity index (χ1) is 5.77. The highest BCUT2D eigenvalue weighted by Gasteiger charge is 2.28. The molecule has 0 amide bonds. The molecule has 1 saturated heterocycles. The first kappa shape index (κ1) is 7.49. The minimum atomic E-state index is -0.310. The normalized spacial score (nSPS) is 40.2. The fourth-order valence-corrected chi connectivity index (χ4v) is 1.22. The zero-order chi connectivity index (χ0) is 8.97. The maximum atomic E-state index is 8.87. The van der Waals surface area contributed by atoms with Crippen molar-refractivity contribution in [3.05, 3.63) is 0 Å². The van der Waals surface area contributed by atoms with Crippen LogP contribution in [-0.2, 0) is 9.47 Å². The predicted octanol–water partition coefficient (Wildman–Crippen LogP) is -0.890. The molecule has 1 aliphatic rings. The number of aliphatic hydroxyl groups is 1. The van der Waals surface area contributed by atoms with Gasteiger partial charge in [-0.3, -0.25) is 0 Å². The molecule has 11 heavy (non-hydrogen) atoms. The lowest BCUT2D eigenvalue weighted by Gasteiger charge is -2.32. The second kappa shape index (κ2) is 4.01. The summed E-state index contributed by atoms with van der Waals surface area (Å²) < 4.78 is 17.1. The van der Waals surface area contributed by atoms with Crippen LogP contribution in [-0.4, -0.2) is 43.7 Å². The summed E-state index contributed by atoms with van der Waals surface area (Å²) in [5.41, 5.74) is 5.62. The Morgan fingerprint density at radius 2 is 2.73 bits per heavy atom. The van der Waals surface area contributed by atoms with E-state index in [1.807, 2.05) is 0 Å². The third-order valence-electron chi connectivity index (χ3n) is 1.87. The van der Waals surface area contributed by atoms with Crippen LogP contribution in [0.4, 0.5) is 0 Å². The Kier molecular flexibility index (Phi) is 2.73. The highest BCUT2D eigenvalue weighted by Crippen LogP contribution is 2.15. The van der Waals surface area contributed by atoms with E-state index >= 15 is 0 Å². The Labute approximate surface area is 67.7 Å². The Hall–Kier alpha value is -0.160. The average molecular weight is 162 g/mol. The molecule has 0 aromatic heterocycles. The first-order valence-electron chi connectivity index (χ1n) is 4.37. The van der Waals surface area contributed by atoms with E-state index in [9.17, 15) is 0 Å². The molecule has 4 nitrogen and oxygen atoms in total. The van der Waals surface area contributed by atoms with Crippen molar-refractivity contribution in [1.29, 1.82) is 0 Å². The van der Waals surface area contributed by atoms with Gasteiger partial charge in [0.2, 0.25) is 0 Å². The molecule has 0 radical (unpaired) electrons. The van der Waals surface area contributed by atoms with Crippen LogP contribution in [0.3, 0.4) is 0 Å². The van der Waals surface area contributed by atoms with E-state index in [0.29, 0.717) is 13.0 Å². The van der Waals surface area contributed by atoms with Gasteiger partial charge in [0.05, 0.1) is 20.7 Å². The van der Waals surface area contributed by atoms with Crippen molar-refractivity contribution < 1.29 is 16.0 Å². The number of nitrogens with two attached hydrogens (primary N) is 1. The minimum absolute atomic E-state index is 0.0376. The van der Waals surface area contributed by atoms with Crippen molar-refractivity contribution in [3.8, 4) is 0 Å². The SMILES string of the molecule is [2H]CO[C@@H]1C[C@@H](N)CO[C@@H]1CO. The maximum absolute atomic E-state index is 8.87. The summed E-state index contributed by atoms with van der Waals surface area (Å²) in [4.78, 5) is 0. The quantitative estimate of drug-likeness (QED) is 0.553. The van der Waals surface area contributed by atoms with Gasteiger partial charge in [-0.1, -0.05) is 0 Å². The molecule has 3 N–H and O–H groups in total. The van der Waals surface area contributed by atoms with Crippen molar-refractivity contribution in [3.63, 3.8) is 0 Å². The molecule has 1 fully saturated rings. The van der Waals surface area contributed by atoms with E-state index in [4.69, 9.17) is 21.7 Å². The van der Waals surface area contributed by atoms with Gasteiger partial charge in [-0.05, 0) is 6.42 Å². The lowest BCUT2D eigenvalue weighted by molar-refractivity contribution is -0.115. The number of methoxy groups -OCH3 is 1. The minimum Gasteiger partial charge on any atom is -0.394 e. The van der Waals surface area contributed by atoms with Gasteiger partial charge < -0.3 is 20.3 Å². The van der Waals surface area contributed by atoms with Crippen LogP contribution in [0, 0.1) is 0 Å². The van der Waals surface area contributed by atoms with Crippen molar-refractivity contribution in [1.82, 2.24) is 0 Å². The summed E-state index contributed by atoms with van der Waals surface area (Å²) in [5, 5.41) is 8.87. The molecule has 4 heteroatoms. The van der Waals surface area contributed by atoms with Crippen LogP contribution in [0.1, 0.15) is 7.79 Å². The van der Waals surface area contributed by atoms with Crippen LogP contribution >= 0.6 is 0 Å². The van der Waals surface area contributed by atoms with Gasteiger partial charge in [0, 0.05) is 13.1 Å². The molecule has 0 bridgehead atoms. The Morgan fingerprint density at radius 1 is 1.91 bits per heavy atom. The molecule has 0 saturated carbocycles. The fourth-order valence-electron chi connectivity index (χ4n) is 1.22. The highest BCUT2D eigenvalue weighted by molar-refractivity contribution is 4.80. The summed E-state index contributed by atoms with van der Waals surface area (Å²) in [6.07, 6.45) is 0.121. The molecule has 66 valence electrons. The van der Waals surface area contributed by atoms with E-state index in [0.717, 1.165) is 0 Å². The fraction of sp³-hybridized carbons (Fsp3) is 1.00. The van der Waals surface area contributed by atoms with Crippen molar-refractivity contribution in [2.45, 2.75) is 24.7 Å². The second-order valence-electron chi connectivity index (χ2n) is 2.76. The van der Waals surface area contributed by atoms with Gasteiger partial charge in [-0.15, -0.1) is 0 Å². The third-order valence-corrected chi connectivity index (χ3v) is 1.87. The van der Waals surface area contributed by atoms with Crippen LogP contribution in [0.15, 0.2) is 0 Å². The van der Waals surface area contributed by atoms with E-state index in [1.54, 1.807) is 0 Å². The van der Waals surface area contributed by atoms with Crippen LogP contribution in [0.25, 0.3) is 0 Å². The van der Waals surface area contributed by atoms with Gasteiger partial charge in [0.1, 0.15) is 6.10 Å². The van der Waals surface area contributed by atoms with E-state index in [2.05, 4.69) is 0 Å². The molecule has 0 spiro atoms. The summed E-state index contributed by atoms with van der Waals surface area (Å²) in [6.45, 7) is 0.389. The summed E-state index contributed by atoms with van der Waals surface area (Å²) in [6, 6.07) is -0.0376. The molecule has 0 aliphatic carbocycles. The molecule has 1 rings (SSSR count). The average Bonchev–Trinajstić information content (AvgIpc) is 2.05. The van der Waals surface area contributed by atoms with E-state index < -0.39 is 0 Å². The van der Waals surface area contributed by atoms with Crippen LogP contribution in [0.5, 0.6) is 0 Å². The Balaban J connectivity index is 2.40. The van der Waals surface area contributed by atoms with Gasteiger partial charge in [0.15, 0.2) is 0 Å². The monoisotopic (exact) mass is 162 g/mol. The van der Waals surface area contributed by atoms with Gasteiger partial charge in [-0.2, -0.15) is 0 Å². The van der Waals surface area contributed by atoms with Crippen molar-refractivity contribution >= 4 is 0 Å². The molecular formula is C7H15NO3. The van der Waals surface area contributed by atoms with E-state index in [-0.39, 0.29) is 31.9 Å². The van der Waals surface area contributed by atoms with Crippen LogP contribution in [0.2, 0.25) is 0 Å². The largest absolute Gasteiger partial charge is 0.394 e. The molecule has 1 heterocycles. The predicted molar refractivity (Wildman–Crippen MR) is 40.2 cm³/mol. The van der Waals surface area contributed by atoms with Gasteiger partial charge in [-0.25, -0.2) is 0 Å². The zero-order valence-corrected chi connectivity index (χ0v) is 6.40. The van der Waals surface area contributed by atoms with Crippen LogP contribution < -0.4 is 5.73 Å². The standard InChI is InChI=1S/C7H15NO3/c1-10-6-2-5(8)4-11-7(6)3-9/h5-7,9H,2-4,8H2,1H3/t5-,6-,7-/m1/s1/i1D. The summed E-state index contributed by atoms with van der Waals surface area (Å²) in [5.74, 6) is 0. The molecular weight excluding hydrogens is 146 g/mol. The lowest BCUT2D eigenvalue weighted by Crippen LogP contribution is -2.47. The maximum Gasteiger partial charge on any atom is 0.107 e. The Morgan fingerprint density at radius 3 is 3.36 bits per heavy atom. The molecule has 0 aromatic rings. The topological polar surface area (TPSA) is 64.7 Å². The highest BCUT2D eigenvalue weighted by atomic mass is 16.5. The molecule has 0 unspecified atom stereocenters. The Bertz CT molecular complexity index is 136. The molecule has 1 aliphatic heterocycles. The second-order valence-corrected chi connectivity index (χ2v) is 2.76. The number of aliphatic hydroxyl groups excluding tert-OH is 1. The third kappa shape index (κ3) is 2.13. The number of hydrogen-bond donors (Lipinski definition) is 2. The van der Waals surface area contributed by atoms with Crippen molar-refractivity contribution in [2.24, 2.45) is 5.73 Å². The van der Waals surface area contributed by atoms with E-state index in [1.165, 1.54) is 0 Å². The number of hydrogen-bond acceptors (Lipinski definition) is 4. The first-order valence-corrected chi connectivity index (χ1v) is 3.66. The number of ether oxygens (including phenoxy) is 2. The van der Waals surface area contributed by atoms with Crippen molar-refractivity contribution in [2.75, 3.05) is 20.3 Å². The summed E-state index contributed by atoms with van der Waals surface area (Å²) >= 11 is 0. The molecule has 0 aromatic carbocycles. The number of rotatable bonds is 2. The lowest BCUT2D eigenvalue weighted by atomic mass is 10.0. The van der Waals surface area contributed by atoms with Gasteiger partial charge >= 0.3 is 0 Å². The zero-order valence-electron chi connectivity index (χ0n) is 7.40.